The molecule has 3 aromatic rings. The fourth-order valence-corrected chi connectivity index (χ4v) is 4.10. The highest BCUT2D eigenvalue weighted by atomic mass is 35.5. The van der Waals surface area contributed by atoms with Gasteiger partial charge in [0.15, 0.2) is 0 Å². The molecule has 5 nitrogen and oxygen atoms in total. The van der Waals surface area contributed by atoms with Gasteiger partial charge in [0.2, 0.25) is 5.88 Å². The molecule has 0 saturated heterocycles. The Morgan fingerprint density at radius 2 is 1.94 bits per heavy atom. The van der Waals surface area contributed by atoms with Gasteiger partial charge in [-0.05, 0) is 74.9 Å². The quantitative estimate of drug-likeness (QED) is 0.325. The van der Waals surface area contributed by atoms with E-state index in [4.69, 9.17) is 21.4 Å². The van der Waals surface area contributed by atoms with Crippen molar-refractivity contribution in [3.8, 4) is 17.3 Å². The number of aryl methyl sites for hydroxylation is 1. The van der Waals surface area contributed by atoms with E-state index in [-0.39, 0.29) is 6.10 Å². The number of ether oxygens (including phenoxy) is 1. The fraction of sp³-hybridized carbons (Fsp3) is 0.370. The molecule has 0 aliphatic heterocycles. The molecule has 0 radical (unpaired) electrons. The normalized spacial score (nSPS) is 14.4. The van der Waals surface area contributed by atoms with Crippen molar-refractivity contribution in [1.29, 1.82) is 0 Å². The second-order valence-electron chi connectivity index (χ2n) is 8.83. The summed E-state index contributed by atoms with van der Waals surface area (Å²) in [5.74, 6) is 2.16. The third-order valence-corrected chi connectivity index (χ3v) is 6.19. The van der Waals surface area contributed by atoms with Crippen molar-refractivity contribution in [2.75, 3.05) is 13.1 Å². The number of halogens is 1. The number of benzene rings is 2. The number of rotatable bonds is 12. The topological polar surface area (TPSA) is 50.5 Å². The van der Waals surface area contributed by atoms with Crippen LogP contribution in [0.25, 0.3) is 5.69 Å². The molecule has 6 heteroatoms. The molecule has 0 amide bonds. The molecule has 1 N–H and O–H groups in total. The van der Waals surface area contributed by atoms with Crippen LogP contribution in [-0.2, 0) is 6.54 Å². The van der Waals surface area contributed by atoms with Crippen LogP contribution in [0.4, 0.5) is 0 Å². The van der Waals surface area contributed by atoms with Gasteiger partial charge in [0.1, 0.15) is 5.75 Å². The Morgan fingerprint density at radius 3 is 2.61 bits per heavy atom. The van der Waals surface area contributed by atoms with Crippen molar-refractivity contribution in [3.63, 3.8) is 0 Å². The molecule has 1 aromatic heterocycles. The summed E-state index contributed by atoms with van der Waals surface area (Å²) in [4.78, 5) is 2.35. The van der Waals surface area contributed by atoms with Crippen LogP contribution in [0.15, 0.2) is 67.3 Å². The Bertz CT molecular complexity index is 1050. The zero-order valence-corrected chi connectivity index (χ0v) is 19.9. The minimum atomic E-state index is -0.383. The van der Waals surface area contributed by atoms with E-state index in [2.05, 4.69) is 11.5 Å². The summed E-state index contributed by atoms with van der Waals surface area (Å²) in [5.41, 5.74) is 2.84. The number of allylic oxidation sites excluding steroid dienone is 1. The van der Waals surface area contributed by atoms with Crippen LogP contribution in [-0.4, -0.2) is 39.0 Å². The van der Waals surface area contributed by atoms with Crippen LogP contribution in [0, 0.1) is 12.8 Å². The molecule has 0 spiro atoms. The number of aliphatic hydroxyl groups excluding tert-OH is 1. The molecule has 2 aromatic carbocycles. The molecule has 174 valence electrons. The van der Waals surface area contributed by atoms with Crippen molar-refractivity contribution in [1.82, 2.24) is 14.7 Å². The molecule has 0 unspecified atom stereocenters. The lowest BCUT2D eigenvalue weighted by Gasteiger charge is -2.25. The van der Waals surface area contributed by atoms with Gasteiger partial charge >= 0.3 is 0 Å². The van der Waals surface area contributed by atoms with E-state index in [1.807, 2.05) is 72.3 Å². The lowest BCUT2D eigenvalue weighted by molar-refractivity contribution is 0.0991. The van der Waals surface area contributed by atoms with Crippen LogP contribution in [0.2, 0.25) is 5.02 Å². The molecular weight excluding hydrogens is 434 g/mol. The highest BCUT2D eigenvalue weighted by Gasteiger charge is 2.28. The van der Waals surface area contributed by atoms with Crippen LogP contribution in [0.1, 0.15) is 36.9 Å². The van der Waals surface area contributed by atoms with E-state index < -0.39 is 0 Å². The van der Waals surface area contributed by atoms with Gasteiger partial charge in [-0.2, -0.15) is 5.10 Å². The maximum atomic E-state index is 10.6. The lowest BCUT2D eigenvalue weighted by atomic mass is 10.1. The standard InChI is InChI=1S/C27H32ClN3O2/c1-3-4-8-24(32)18-30(17-21-11-12-21)19-26-20(2)29-31(23-15-13-22(28)14-16-23)27(26)33-25-9-6-5-7-10-25/h3,5-7,9-10,13-16,21,24,32H,1,4,8,11-12,17-19H2,2H3/t24-/m0/s1. The van der Waals surface area contributed by atoms with Gasteiger partial charge in [-0.3, -0.25) is 4.90 Å². The van der Waals surface area contributed by atoms with Gasteiger partial charge in [0.05, 0.1) is 23.0 Å². The molecule has 1 aliphatic carbocycles. The molecule has 1 atom stereocenters. The third-order valence-electron chi connectivity index (χ3n) is 5.93. The van der Waals surface area contributed by atoms with E-state index in [9.17, 15) is 5.11 Å². The van der Waals surface area contributed by atoms with E-state index in [0.29, 0.717) is 29.9 Å². The van der Waals surface area contributed by atoms with Gasteiger partial charge in [-0.1, -0.05) is 35.9 Å². The van der Waals surface area contributed by atoms with Crippen molar-refractivity contribution in [3.05, 3.63) is 83.5 Å². The average molecular weight is 466 g/mol. The number of aromatic nitrogens is 2. The van der Waals surface area contributed by atoms with Crippen molar-refractivity contribution >= 4 is 11.6 Å². The Balaban J connectivity index is 1.66. The van der Waals surface area contributed by atoms with Crippen LogP contribution < -0.4 is 4.74 Å². The summed E-state index contributed by atoms with van der Waals surface area (Å²) in [6.07, 6.45) is 5.54. The maximum Gasteiger partial charge on any atom is 0.227 e. The number of hydrogen-bond donors (Lipinski definition) is 1. The van der Waals surface area contributed by atoms with Crippen molar-refractivity contribution in [2.45, 2.75) is 45.3 Å². The lowest BCUT2D eigenvalue weighted by Crippen LogP contribution is -2.34. The smallest absolute Gasteiger partial charge is 0.227 e. The average Bonchev–Trinajstić information content (AvgIpc) is 3.58. The van der Waals surface area contributed by atoms with Crippen LogP contribution in [0.3, 0.4) is 0 Å². The van der Waals surface area contributed by atoms with E-state index in [1.165, 1.54) is 12.8 Å². The predicted octanol–water partition coefficient (Wildman–Crippen LogP) is 6.17. The van der Waals surface area contributed by atoms with Gasteiger partial charge in [-0.15, -0.1) is 6.58 Å². The van der Waals surface area contributed by atoms with Crippen molar-refractivity contribution < 1.29 is 9.84 Å². The summed E-state index contributed by atoms with van der Waals surface area (Å²) in [7, 11) is 0. The fourth-order valence-electron chi connectivity index (χ4n) is 3.98. The zero-order chi connectivity index (χ0) is 23.2. The molecule has 1 heterocycles. The van der Waals surface area contributed by atoms with Gasteiger partial charge in [0, 0.05) is 24.7 Å². The largest absolute Gasteiger partial charge is 0.439 e. The van der Waals surface area contributed by atoms with Gasteiger partial charge in [-0.25, -0.2) is 4.68 Å². The number of nitrogens with zero attached hydrogens (tertiary/aromatic N) is 3. The Kier molecular flexibility index (Phi) is 7.86. The summed E-state index contributed by atoms with van der Waals surface area (Å²) in [5, 5.41) is 16.1. The summed E-state index contributed by atoms with van der Waals surface area (Å²) >= 11 is 6.12. The van der Waals surface area contributed by atoms with Crippen molar-refractivity contribution in [2.24, 2.45) is 5.92 Å². The van der Waals surface area contributed by atoms with E-state index in [0.717, 1.165) is 42.1 Å². The molecular formula is C27H32ClN3O2. The van der Waals surface area contributed by atoms with Crippen LogP contribution >= 0.6 is 11.6 Å². The summed E-state index contributed by atoms with van der Waals surface area (Å²) < 4.78 is 8.25. The van der Waals surface area contributed by atoms with Gasteiger partial charge < -0.3 is 9.84 Å². The SMILES string of the molecule is C=CCC[C@H](O)CN(Cc1c(C)nn(-c2ccc(Cl)cc2)c1Oc1ccccc1)CC1CC1. The first-order chi connectivity index (χ1) is 16.0. The molecule has 33 heavy (non-hydrogen) atoms. The minimum absolute atomic E-state index is 0.383. The van der Waals surface area contributed by atoms with E-state index in [1.54, 1.807) is 0 Å². The summed E-state index contributed by atoms with van der Waals surface area (Å²) in [6.45, 7) is 8.06. The second kappa shape index (κ2) is 11.0. The molecule has 1 aliphatic rings. The molecule has 4 rings (SSSR count). The number of aliphatic hydroxyl groups is 1. The zero-order valence-electron chi connectivity index (χ0n) is 19.2. The number of para-hydroxylation sites is 1. The Morgan fingerprint density at radius 1 is 1.21 bits per heavy atom. The predicted molar refractivity (Wildman–Crippen MR) is 133 cm³/mol. The van der Waals surface area contributed by atoms with Gasteiger partial charge in [0.25, 0.3) is 0 Å². The number of hydrogen-bond acceptors (Lipinski definition) is 4. The summed E-state index contributed by atoms with van der Waals surface area (Å²) in [6, 6.07) is 17.4. The maximum absolute atomic E-state index is 10.6. The second-order valence-corrected chi connectivity index (χ2v) is 9.27. The first-order valence-corrected chi connectivity index (χ1v) is 12.0. The minimum Gasteiger partial charge on any atom is -0.439 e. The monoisotopic (exact) mass is 465 g/mol. The highest BCUT2D eigenvalue weighted by molar-refractivity contribution is 6.30. The Hall–Kier alpha value is -2.60. The highest BCUT2D eigenvalue weighted by Crippen LogP contribution is 2.34. The molecule has 0 bridgehead atoms. The first-order valence-electron chi connectivity index (χ1n) is 11.6. The Labute approximate surface area is 201 Å². The molecule has 1 fully saturated rings. The molecule has 1 saturated carbocycles. The third kappa shape index (κ3) is 6.47. The van der Waals surface area contributed by atoms with Crippen LogP contribution in [0.5, 0.6) is 11.6 Å². The van der Waals surface area contributed by atoms with E-state index >= 15 is 0 Å². The first kappa shape index (κ1) is 23.6.